The summed E-state index contributed by atoms with van der Waals surface area (Å²) in [7, 11) is 0. The maximum Gasteiger partial charge on any atom is 0.309 e. The Morgan fingerprint density at radius 2 is 1.52 bits per heavy atom. The number of hydrogen-bond acceptors (Lipinski definition) is 3. The van der Waals surface area contributed by atoms with Gasteiger partial charge in [-0.2, -0.15) is 0 Å². The van der Waals surface area contributed by atoms with E-state index in [0.717, 1.165) is 5.56 Å². The lowest BCUT2D eigenvalue weighted by Crippen LogP contribution is -2.26. The van der Waals surface area contributed by atoms with Crippen molar-refractivity contribution >= 4 is 11.8 Å². The number of ether oxygens (including phenoxy) is 1. The second-order valence-electron chi connectivity index (χ2n) is 5.55. The summed E-state index contributed by atoms with van der Waals surface area (Å²) in [6, 6.07) is 18.8. The standard InChI is InChI=1S/C20H22O3/c1-3-23-20(22)18(15(2)16-10-6-4-7-11-16)14-19(21)17-12-8-5-9-13-17/h4-13,15,18H,3,14H2,1-2H3. The first kappa shape index (κ1) is 16.9. The van der Waals surface area contributed by atoms with Gasteiger partial charge in [-0.25, -0.2) is 0 Å². The second-order valence-corrected chi connectivity index (χ2v) is 5.55. The molecule has 0 heterocycles. The van der Waals surface area contributed by atoms with E-state index >= 15 is 0 Å². The minimum atomic E-state index is -0.481. The molecule has 0 aliphatic rings. The van der Waals surface area contributed by atoms with Gasteiger partial charge in [0, 0.05) is 12.0 Å². The Balaban J connectivity index is 2.21. The molecule has 0 aromatic heterocycles. The molecular weight excluding hydrogens is 288 g/mol. The van der Waals surface area contributed by atoms with Gasteiger partial charge >= 0.3 is 5.97 Å². The van der Waals surface area contributed by atoms with E-state index in [9.17, 15) is 9.59 Å². The molecule has 2 aromatic rings. The summed E-state index contributed by atoms with van der Waals surface area (Å²) in [6.45, 7) is 4.06. The number of ketones is 1. The van der Waals surface area contributed by atoms with Crippen molar-refractivity contribution in [3.8, 4) is 0 Å². The smallest absolute Gasteiger partial charge is 0.309 e. The van der Waals surface area contributed by atoms with Crippen molar-refractivity contribution in [2.24, 2.45) is 5.92 Å². The van der Waals surface area contributed by atoms with Crippen LogP contribution in [0.1, 0.15) is 42.1 Å². The van der Waals surface area contributed by atoms with Gasteiger partial charge in [0.15, 0.2) is 5.78 Å². The van der Waals surface area contributed by atoms with Gasteiger partial charge in [-0.3, -0.25) is 9.59 Å². The molecule has 2 atom stereocenters. The van der Waals surface area contributed by atoms with Gasteiger partial charge in [-0.15, -0.1) is 0 Å². The topological polar surface area (TPSA) is 43.4 Å². The Morgan fingerprint density at radius 1 is 0.957 bits per heavy atom. The zero-order valence-electron chi connectivity index (χ0n) is 13.6. The van der Waals surface area contributed by atoms with E-state index in [1.54, 1.807) is 19.1 Å². The zero-order valence-corrected chi connectivity index (χ0v) is 13.6. The summed E-state index contributed by atoms with van der Waals surface area (Å²) < 4.78 is 5.19. The van der Waals surface area contributed by atoms with Gasteiger partial charge in [0.1, 0.15) is 0 Å². The largest absolute Gasteiger partial charge is 0.466 e. The minimum Gasteiger partial charge on any atom is -0.466 e. The number of Topliss-reactive ketones (excluding diaryl/α,β-unsaturated/α-hetero) is 1. The molecule has 0 aliphatic heterocycles. The molecule has 23 heavy (non-hydrogen) atoms. The molecule has 0 N–H and O–H groups in total. The molecule has 0 aliphatic carbocycles. The van der Waals surface area contributed by atoms with Gasteiger partial charge in [-0.05, 0) is 18.4 Å². The van der Waals surface area contributed by atoms with E-state index in [-0.39, 0.29) is 24.1 Å². The summed E-state index contributed by atoms with van der Waals surface area (Å²) in [5.74, 6) is -0.910. The van der Waals surface area contributed by atoms with Crippen molar-refractivity contribution in [2.75, 3.05) is 6.61 Å². The normalized spacial score (nSPS) is 13.1. The molecule has 120 valence electrons. The van der Waals surface area contributed by atoms with Gasteiger partial charge < -0.3 is 4.74 Å². The second kappa shape index (κ2) is 8.28. The number of hydrogen-bond donors (Lipinski definition) is 0. The molecule has 0 bridgehead atoms. The third kappa shape index (κ3) is 4.52. The lowest BCUT2D eigenvalue weighted by Gasteiger charge is -2.22. The van der Waals surface area contributed by atoms with Crippen LogP contribution in [0.4, 0.5) is 0 Å². The van der Waals surface area contributed by atoms with E-state index in [4.69, 9.17) is 4.74 Å². The summed E-state index contributed by atoms with van der Waals surface area (Å²) in [5, 5.41) is 0. The molecule has 2 aromatic carbocycles. The van der Waals surface area contributed by atoms with Crippen LogP contribution in [0.5, 0.6) is 0 Å². The van der Waals surface area contributed by atoms with Gasteiger partial charge in [-0.1, -0.05) is 67.6 Å². The van der Waals surface area contributed by atoms with Crippen molar-refractivity contribution in [1.82, 2.24) is 0 Å². The van der Waals surface area contributed by atoms with Gasteiger partial charge in [0.05, 0.1) is 12.5 Å². The van der Waals surface area contributed by atoms with E-state index in [1.165, 1.54) is 0 Å². The average Bonchev–Trinajstić information content (AvgIpc) is 2.60. The van der Waals surface area contributed by atoms with Crippen molar-refractivity contribution in [2.45, 2.75) is 26.2 Å². The number of benzene rings is 2. The Labute approximate surface area is 137 Å². The number of rotatable bonds is 7. The molecule has 0 fully saturated rings. The molecule has 0 radical (unpaired) electrons. The third-order valence-corrected chi connectivity index (χ3v) is 4.02. The highest BCUT2D eigenvalue weighted by atomic mass is 16.5. The van der Waals surface area contributed by atoms with Crippen LogP contribution in [-0.2, 0) is 9.53 Å². The molecule has 0 spiro atoms. The number of esters is 1. The molecule has 2 rings (SSSR count). The Morgan fingerprint density at radius 3 is 2.09 bits per heavy atom. The van der Waals surface area contributed by atoms with Crippen molar-refractivity contribution in [3.05, 3.63) is 71.8 Å². The predicted octanol–water partition coefficient (Wildman–Crippen LogP) is 4.24. The van der Waals surface area contributed by atoms with Crippen molar-refractivity contribution in [1.29, 1.82) is 0 Å². The SMILES string of the molecule is CCOC(=O)C(CC(=O)c1ccccc1)C(C)c1ccccc1. The first-order valence-electron chi connectivity index (χ1n) is 7.93. The fourth-order valence-corrected chi connectivity index (χ4v) is 2.64. The summed E-state index contributed by atoms with van der Waals surface area (Å²) >= 11 is 0. The van der Waals surface area contributed by atoms with Crippen LogP contribution in [-0.4, -0.2) is 18.4 Å². The minimum absolute atomic E-state index is 0.0357. The third-order valence-electron chi connectivity index (χ3n) is 4.02. The lowest BCUT2D eigenvalue weighted by molar-refractivity contribution is -0.148. The fourth-order valence-electron chi connectivity index (χ4n) is 2.64. The van der Waals surface area contributed by atoms with Crippen LogP contribution in [0.2, 0.25) is 0 Å². The molecular formula is C20H22O3. The molecule has 3 nitrogen and oxygen atoms in total. The highest BCUT2D eigenvalue weighted by Gasteiger charge is 2.30. The summed E-state index contributed by atoms with van der Waals surface area (Å²) in [4.78, 5) is 24.8. The summed E-state index contributed by atoms with van der Waals surface area (Å²) in [5.41, 5.74) is 1.66. The van der Waals surface area contributed by atoms with Crippen molar-refractivity contribution < 1.29 is 14.3 Å². The van der Waals surface area contributed by atoms with Gasteiger partial charge in [0.25, 0.3) is 0 Å². The maximum absolute atomic E-state index is 12.5. The summed E-state index contributed by atoms with van der Waals surface area (Å²) in [6.07, 6.45) is 0.152. The maximum atomic E-state index is 12.5. The van der Waals surface area contributed by atoms with E-state index in [2.05, 4.69) is 0 Å². The molecule has 2 unspecified atom stereocenters. The average molecular weight is 310 g/mol. The van der Waals surface area contributed by atoms with Crippen LogP contribution in [0.25, 0.3) is 0 Å². The monoisotopic (exact) mass is 310 g/mol. The molecule has 0 amide bonds. The quantitative estimate of drug-likeness (QED) is 0.567. The van der Waals surface area contributed by atoms with Crippen LogP contribution in [0.3, 0.4) is 0 Å². The van der Waals surface area contributed by atoms with Gasteiger partial charge in [0.2, 0.25) is 0 Å². The fraction of sp³-hybridized carbons (Fsp3) is 0.300. The van der Waals surface area contributed by atoms with Crippen LogP contribution in [0, 0.1) is 5.92 Å². The van der Waals surface area contributed by atoms with Crippen LogP contribution in [0.15, 0.2) is 60.7 Å². The first-order chi connectivity index (χ1) is 11.1. The van der Waals surface area contributed by atoms with Crippen LogP contribution < -0.4 is 0 Å². The molecule has 0 saturated heterocycles. The predicted molar refractivity (Wildman–Crippen MR) is 90.4 cm³/mol. The first-order valence-corrected chi connectivity index (χ1v) is 7.93. The van der Waals surface area contributed by atoms with E-state index in [0.29, 0.717) is 12.2 Å². The highest BCUT2D eigenvalue weighted by molar-refractivity contribution is 5.98. The Kier molecular flexibility index (Phi) is 6.10. The molecule has 3 heteroatoms. The van der Waals surface area contributed by atoms with E-state index < -0.39 is 5.92 Å². The Bertz CT molecular complexity index is 634. The highest BCUT2D eigenvalue weighted by Crippen LogP contribution is 2.29. The van der Waals surface area contributed by atoms with Crippen molar-refractivity contribution in [3.63, 3.8) is 0 Å². The zero-order chi connectivity index (χ0) is 16.7. The van der Waals surface area contributed by atoms with E-state index in [1.807, 2.05) is 55.5 Å². The molecule has 0 saturated carbocycles. The van der Waals surface area contributed by atoms with Crippen LogP contribution >= 0.6 is 0 Å². The Hall–Kier alpha value is -2.42. The number of carbonyl (C=O) groups excluding carboxylic acids is 2. The number of carbonyl (C=O) groups is 2. The lowest BCUT2D eigenvalue weighted by atomic mass is 9.83.